The molecule has 2 amide bonds. The third-order valence-electron chi connectivity index (χ3n) is 6.40. The van der Waals surface area contributed by atoms with Crippen molar-refractivity contribution in [2.45, 2.75) is 38.8 Å². The number of hydrogen-bond donors (Lipinski definition) is 1. The average molecular weight is 621 g/mol. The third-order valence-corrected chi connectivity index (χ3v) is 7.98. The van der Waals surface area contributed by atoms with Crippen molar-refractivity contribution in [3.8, 4) is 5.75 Å². The minimum atomic E-state index is -3.94. The van der Waals surface area contributed by atoms with Gasteiger partial charge in [-0.25, -0.2) is 8.42 Å². The lowest BCUT2D eigenvalue weighted by Crippen LogP contribution is -2.53. The molecule has 0 saturated heterocycles. The number of halogens is 2. The van der Waals surface area contributed by atoms with Crippen LogP contribution in [0.1, 0.15) is 30.9 Å². The lowest BCUT2D eigenvalue weighted by Gasteiger charge is -2.33. The number of anilines is 1. The first-order chi connectivity index (χ1) is 19.5. The van der Waals surface area contributed by atoms with Crippen molar-refractivity contribution < 1.29 is 22.7 Å². The van der Waals surface area contributed by atoms with Crippen LogP contribution in [0.4, 0.5) is 5.69 Å². The molecule has 3 rings (SSSR count). The summed E-state index contributed by atoms with van der Waals surface area (Å²) in [5, 5.41) is 3.40. The molecule has 1 unspecified atom stereocenters. The van der Waals surface area contributed by atoms with Gasteiger partial charge in [0.05, 0.1) is 19.1 Å². The predicted octanol–water partition coefficient (Wildman–Crippen LogP) is 5.32. The van der Waals surface area contributed by atoms with Crippen molar-refractivity contribution in [2.75, 3.05) is 30.8 Å². The molecule has 8 nitrogen and oxygen atoms in total. The van der Waals surface area contributed by atoms with Crippen LogP contribution in [0.2, 0.25) is 10.0 Å². The van der Waals surface area contributed by atoms with E-state index in [-0.39, 0.29) is 34.6 Å². The van der Waals surface area contributed by atoms with Crippen LogP contribution in [0.5, 0.6) is 5.75 Å². The lowest BCUT2D eigenvalue weighted by atomic mass is 10.0. The molecule has 0 fully saturated rings. The molecule has 0 aliphatic heterocycles. The molecule has 0 heterocycles. The van der Waals surface area contributed by atoms with E-state index in [2.05, 4.69) is 5.32 Å². The van der Waals surface area contributed by atoms with Gasteiger partial charge in [-0.1, -0.05) is 79.0 Å². The number of methoxy groups -OCH3 is 1. The van der Waals surface area contributed by atoms with E-state index in [1.54, 1.807) is 25.3 Å². The monoisotopic (exact) mass is 619 g/mol. The van der Waals surface area contributed by atoms with Crippen LogP contribution < -0.4 is 14.4 Å². The fourth-order valence-corrected chi connectivity index (χ4v) is 5.67. The Morgan fingerprint density at radius 2 is 1.61 bits per heavy atom. The summed E-state index contributed by atoms with van der Waals surface area (Å²) in [5.41, 5.74) is 1.72. The maximum absolute atomic E-state index is 14.1. The number of nitrogens with zero attached hydrogens (tertiary/aromatic N) is 2. The molecule has 0 aromatic heterocycles. The maximum Gasteiger partial charge on any atom is 0.244 e. The van der Waals surface area contributed by atoms with E-state index in [0.29, 0.717) is 17.9 Å². The highest BCUT2D eigenvalue weighted by Gasteiger charge is 2.33. The summed E-state index contributed by atoms with van der Waals surface area (Å²) in [7, 11) is -2.39. The number of sulfonamides is 1. The van der Waals surface area contributed by atoms with Crippen molar-refractivity contribution >= 4 is 50.7 Å². The van der Waals surface area contributed by atoms with Gasteiger partial charge in [0, 0.05) is 29.6 Å². The number of benzene rings is 3. The second kappa shape index (κ2) is 15.1. The Labute approximate surface area is 252 Å². The Morgan fingerprint density at radius 1 is 0.951 bits per heavy atom. The molecule has 0 aliphatic carbocycles. The van der Waals surface area contributed by atoms with Gasteiger partial charge in [-0.3, -0.25) is 13.9 Å². The van der Waals surface area contributed by atoms with Crippen molar-refractivity contribution in [1.29, 1.82) is 0 Å². The van der Waals surface area contributed by atoms with Crippen LogP contribution >= 0.6 is 23.2 Å². The second-order valence-corrected chi connectivity index (χ2v) is 12.4. The van der Waals surface area contributed by atoms with Gasteiger partial charge in [-0.05, 0) is 47.9 Å². The number of hydrogen-bond acceptors (Lipinski definition) is 5. The number of ether oxygens (including phenoxy) is 1. The van der Waals surface area contributed by atoms with E-state index in [0.717, 1.165) is 29.0 Å². The highest BCUT2D eigenvalue weighted by atomic mass is 35.5. The SMILES string of the molecule is CCCCNC(=O)C(Cc1ccccc1)N(Cc1cccc(OC)c1)C(=O)CN(c1cc(Cl)cc(Cl)c1)S(C)(=O)=O. The summed E-state index contributed by atoms with van der Waals surface area (Å²) >= 11 is 12.3. The Bertz CT molecular complexity index is 1420. The molecule has 0 spiro atoms. The third kappa shape index (κ3) is 9.66. The van der Waals surface area contributed by atoms with Crippen LogP contribution in [0.3, 0.4) is 0 Å². The lowest BCUT2D eigenvalue weighted by molar-refractivity contribution is -0.140. The Kier molecular flexibility index (Phi) is 11.9. The Morgan fingerprint density at radius 3 is 2.22 bits per heavy atom. The van der Waals surface area contributed by atoms with E-state index in [1.807, 2.05) is 43.3 Å². The molecular weight excluding hydrogens is 585 g/mol. The van der Waals surface area contributed by atoms with Gasteiger partial charge < -0.3 is 15.0 Å². The summed E-state index contributed by atoms with van der Waals surface area (Å²) in [6.45, 7) is 1.96. The summed E-state index contributed by atoms with van der Waals surface area (Å²) < 4.78 is 32.1. The van der Waals surface area contributed by atoms with Gasteiger partial charge in [-0.2, -0.15) is 0 Å². The van der Waals surface area contributed by atoms with Crippen molar-refractivity contribution in [3.63, 3.8) is 0 Å². The predicted molar refractivity (Wildman–Crippen MR) is 164 cm³/mol. The first kappa shape index (κ1) is 32.2. The second-order valence-electron chi connectivity index (χ2n) is 9.62. The molecule has 3 aromatic rings. The molecule has 220 valence electrons. The zero-order valence-electron chi connectivity index (χ0n) is 23.3. The zero-order chi connectivity index (χ0) is 30.0. The largest absolute Gasteiger partial charge is 0.497 e. The topological polar surface area (TPSA) is 96.0 Å². The number of carbonyl (C=O) groups excluding carboxylic acids is 2. The number of carbonyl (C=O) groups is 2. The fraction of sp³-hybridized carbons (Fsp3) is 0.333. The number of nitrogens with one attached hydrogen (secondary N) is 1. The standard InChI is InChI=1S/C30H35Cl2N3O5S/c1-4-5-14-33-30(37)28(16-22-10-7-6-8-11-22)34(20-23-12-9-13-27(15-23)40-2)29(36)21-35(41(3,38)39)26-18-24(31)17-25(32)19-26/h6-13,15,17-19,28H,4-5,14,16,20-21H2,1-3H3,(H,33,37). The van der Waals surface area contributed by atoms with E-state index in [9.17, 15) is 18.0 Å². The van der Waals surface area contributed by atoms with Gasteiger partial charge >= 0.3 is 0 Å². The van der Waals surface area contributed by atoms with Crippen LogP contribution in [-0.2, 0) is 32.6 Å². The molecule has 0 saturated carbocycles. The number of rotatable bonds is 14. The molecule has 0 radical (unpaired) electrons. The van der Waals surface area contributed by atoms with Crippen LogP contribution in [-0.4, -0.2) is 57.6 Å². The first-order valence-electron chi connectivity index (χ1n) is 13.2. The van der Waals surface area contributed by atoms with Gasteiger partial charge in [0.15, 0.2) is 0 Å². The molecule has 0 aliphatic rings. The van der Waals surface area contributed by atoms with E-state index in [1.165, 1.54) is 23.1 Å². The molecule has 1 atom stereocenters. The highest BCUT2D eigenvalue weighted by molar-refractivity contribution is 7.92. The minimum Gasteiger partial charge on any atom is -0.497 e. The highest BCUT2D eigenvalue weighted by Crippen LogP contribution is 2.28. The van der Waals surface area contributed by atoms with E-state index in [4.69, 9.17) is 27.9 Å². The summed E-state index contributed by atoms with van der Waals surface area (Å²) in [5.74, 6) is -0.301. The summed E-state index contributed by atoms with van der Waals surface area (Å²) in [6.07, 6.45) is 2.91. The fourth-order valence-electron chi connectivity index (χ4n) is 4.32. The minimum absolute atomic E-state index is 0.0443. The van der Waals surface area contributed by atoms with Crippen molar-refractivity contribution in [3.05, 3.63) is 94.0 Å². The maximum atomic E-state index is 14.1. The van der Waals surface area contributed by atoms with Gasteiger partial charge in [0.25, 0.3) is 0 Å². The molecule has 3 aromatic carbocycles. The quantitative estimate of drug-likeness (QED) is 0.246. The molecule has 0 bridgehead atoms. The Hall–Kier alpha value is -3.27. The number of amides is 2. The van der Waals surface area contributed by atoms with Gasteiger partial charge in [-0.15, -0.1) is 0 Å². The zero-order valence-corrected chi connectivity index (χ0v) is 25.7. The number of unbranched alkanes of at least 4 members (excludes halogenated alkanes) is 1. The Balaban J connectivity index is 2.06. The van der Waals surface area contributed by atoms with Crippen LogP contribution in [0.15, 0.2) is 72.8 Å². The van der Waals surface area contributed by atoms with Gasteiger partial charge in [0.2, 0.25) is 21.8 Å². The smallest absolute Gasteiger partial charge is 0.244 e. The van der Waals surface area contributed by atoms with Crippen molar-refractivity contribution in [1.82, 2.24) is 10.2 Å². The summed E-state index contributed by atoms with van der Waals surface area (Å²) in [6, 6.07) is 20.0. The van der Waals surface area contributed by atoms with Gasteiger partial charge in [0.1, 0.15) is 18.3 Å². The van der Waals surface area contributed by atoms with Crippen LogP contribution in [0, 0.1) is 0 Å². The molecule has 11 heteroatoms. The molecular formula is C30H35Cl2N3O5S. The average Bonchev–Trinajstić information content (AvgIpc) is 2.93. The molecule has 1 N–H and O–H groups in total. The first-order valence-corrected chi connectivity index (χ1v) is 15.8. The van der Waals surface area contributed by atoms with E-state index < -0.39 is 28.5 Å². The van der Waals surface area contributed by atoms with Crippen molar-refractivity contribution in [2.24, 2.45) is 0 Å². The normalized spacial score (nSPS) is 11.9. The molecule has 41 heavy (non-hydrogen) atoms. The van der Waals surface area contributed by atoms with Crippen LogP contribution in [0.25, 0.3) is 0 Å². The summed E-state index contributed by atoms with van der Waals surface area (Å²) in [4.78, 5) is 29.2. The van der Waals surface area contributed by atoms with E-state index >= 15 is 0 Å².